The van der Waals surface area contributed by atoms with E-state index in [1.54, 1.807) is 0 Å². The minimum absolute atomic E-state index is 0.125. The maximum Gasteiger partial charge on any atom is 0.250 e. The quantitative estimate of drug-likeness (QED) is 0.792. The molecule has 0 saturated heterocycles. The van der Waals surface area contributed by atoms with Crippen LogP contribution < -0.4 is 11.0 Å². The van der Waals surface area contributed by atoms with Crippen LogP contribution in [0.3, 0.4) is 0 Å². The summed E-state index contributed by atoms with van der Waals surface area (Å²) >= 11 is 0. The van der Waals surface area contributed by atoms with E-state index in [4.69, 9.17) is 4.84 Å². The normalized spacial score (nSPS) is 10.3. The van der Waals surface area contributed by atoms with E-state index in [9.17, 15) is 4.79 Å². The minimum Gasteiger partial charge on any atom is -0.326 e. The number of anilines is 1. The number of nitrogens with one attached hydrogen (secondary N) is 2. The molecule has 0 aliphatic carbocycles. The second-order valence-electron chi connectivity index (χ2n) is 4.05. The van der Waals surface area contributed by atoms with E-state index in [2.05, 4.69) is 22.6 Å². The molecule has 4 heteroatoms. The first kappa shape index (κ1) is 12.4. The van der Waals surface area contributed by atoms with Gasteiger partial charge in [-0.1, -0.05) is 30.3 Å². The van der Waals surface area contributed by atoms with E-state index >= 15 is 0 Å². The topological polar surface area (TPSA) is 54.1 Å². The molecule has 18 heavy (non-hydrogen) atoms. The lowest BCUT2D eigenvalue weighted by molar-refractivity contribution is 0.271. The molecular formula is C14H16N2O2. The average Bonchev–Trinajstić information content (AvgIpc) is 2.37. The van der Waals surface area contributed by atoms with Gasteiger partial charge in [-0.05, 0) is 24.5 Å². The summed E-state index contributed by atoms with van der Waals surface area (Å²) in [4.78, 5) is 19.1. The van der Waals surface area contributed by atoms with Crippen molar-refractivity contribution in [2.75, 3.05) is 12.6 Å². The van der Waals surface area contributed by atoms with Gasteiger partial charge in [-0.2, -0.15) is 0 Å². The molecule has 0 saturated carbocycles. The van der Waals surface area contributed by atoms with Crippen LogP contribution in [0.4, 0.5) is 5.69 Å². The highest BCUT2D eigenvalue weighted by molar-refractivity contribution is 5.41. The van der Waals surface area contributed by atoms with Crippen molar-refractivity contribution in [1.82, 2.24) is 4.98 Å². The zero-order chi connectivity index (χ0) is 12.8. The van der Waals surface area contributed by atoms with Crippen LogP contribution in [0.2, 0.25) is 0 Å². The standard InChI is InChI=1S/C14H16N2O2/c1-18-16-13-9-12(15-14(17)10-13)8-7-11-5-3-2-4-6-11/h2-6,9-10H,7-8H2,1H3,(H2,15,16,17). The summed E-state index contributed by atoms with van der Waals surface area (Å²) in [6.07, 6.45) is 1.69. The first-order chi connectivity index (χ1) is 8.78. The summed E-state index contributed by atoms with van der Waals surface area (Å²) in [6.45, 7) is 0. The van der Waals surface area contributed by atoms with Gasteiger partial charge in [0.15, 0.2) is 0 Å². The fraction of sp³-hybridized carbons (Fsp3) is 0.214. The Hall–Kier alpha value is -2.07. The van der Waals surface area contributed by atoms with Gasteiger partial charge in [-0.25, -0.2) is 0 Å². The van der Waals surface area contributed by atoms with Gasteiger partial charge in [0.1, 0.15) is 0 Å². The number of aryl methyl sites for hydroxylation is 2. The smallest absolute Gasteiger partial charge is 0.250 e. The Morgan fingerprint density at radius 3 is 2.67 bits per heavy atom. The molecule has 0 aliphatic heterocycles. The molecule has 2 N–H and O–H groups in total. The van der Waals surface area contributed by atoms with Crippen LogP contribution in [-0.4, -0.2) is 12.1 Å². The first-order valence-corrected chi connectivity index (χ1v) is 5.84. The number of pyridine rings is 1. The summed E-state index contributed by atoms with van der Waals surface area (Å²) in [7, 11) is 1.52. The molecule has 4 nitrogen and oxygen atoms in total. The van der Waals surface area contributed by atoms with E-state index in [1.807, 2.05) is 24.3 Å². The lowest BCUT2D eigenvalue weighted by Gasteiger charge is -2.06. The summed E-state index contributed by atoms with van der Waals surface area (Å²) in [5.74, 6) is 0. The van der Waals surface area contributed by atoms with E-state index in [1.165, 1.54) is 18.7 Å². The number of hydrogen-bond acceptors (Lipinski definition) is 3. The van der Waals surface area contributed by atoms with Gasteiger partial charge in [0.25, 0.3) is 0 Å². The highest BCUT2D eigenvalue weighted by Gasteiger charge is 2.00. The zero-order valence-electron chi connectivity index (χ0n) is 10.3. The van der Waals surface area contributed by atoms with Crippen molar-refractivity contribution in [2.45, 2.75) is 12.8 Å². The van der Waals surface area contributed by atoms with Crippen molar-refractivity contribution in [2.24, 2.45) is 0 Å². The predicted octanol–water partition coefficient (Wildman–Crippen LogP) is 2.13. The van der Waals surface area contributed by atoms with Crippen LogP contribution in [0.1, 0.15) is 11.3 Å². The number of rotatable bonds is 5. The summed E-state index contributed by atoms with van der Waals surface area (Å²) in [5, 5.41) is 0. The fourth-order valence-electron chi connectivity index (χ4n) is 1.84. The molecule has 1 heterocycles. The third-order valence-corrected chi connectivity index (χ3v) is 2.65. The molecule has 1 aromatic heterocycles. The number of benzene rings is 1. The molecule has 0 unspecified atom stereocenters. The molecule has 2 aromatic rings. The molecule has 94 valence electrons. The Morgan fingerprint density at radius 1 is 1.17 bits per heavy atom. The minimum atomic E-state index is -0.125. The van der Waals surface area contributed by atoms with Gasteiger partial charge in [0.05, 0.1) is 12.8 Å². The second-order valence-corrected chi connectivity index (χ2v) is 4.05. The lowest BCUT2D eigenvalue weighted by Crippen LogP contribution is -2.10. The van der Waals surface area contributed by atoms with Crippen LogP contribution in [0.15, 0.2) is 47.3 Å². The highest BCUT2D eigenvalue weighted by Crippen LogP contribution is 2.08. The maximum absolute atomic E-state index is 11.4. The van der Waals surface area contributed by atoms with Gasteiger partial charge >= 0.3 is 0 Å². The SMILES string of the molecule is CONc1cc(CCc2ccccc2)[nH]c(=O)c1. The van der Waals surface area contributed by atoms with E-state index in [-0.39, 0.29) is 5.56 Å². The van der Waals surface area contributed by atoms with Crippen molar-refractivity contribution >= 4 is 5.69 Å². The second kappa shape index (κ2) is 6.02. The van der Waals surface area contributed by atoms with E-state index in [0.29, 0.717) is 5.69 Å². The number of aromatic nitrogens is 1. The Bertz CT molecular complexity index is 549. The molecule has 1 aromatic carbocycles. The molecule has 0 radical (unpaired) electrons. The molecule has 2 rings (SSSR count). The number of hydrogen-bond donors (Lipinski definition) is 2. The van der Waals surface area contributed by atoms with Crippen molar-refractivity contribution in [3.05, 3.63) is 64.1 Å². The lowest BCUT2D eigenvalue weighted by atomic mass is 10.1. The molecule has 0 amide bonds. The monoisotopic (exact) mass is 244 g/mol. The maximum atomic E-state index is 11.4. The predicted molar refractivity (Wildman–Crippen MR) is 71.5 cm³/mol. The average molecular weight is 244 g/mol. The zero-order valence-corrected chi connectivity index (χ0v) is 10.3. The van der Waals surface area contributed by atoms with Crippen LogP contribution in [0.5, 0.6) is 0 Å². The van der Waals surface area contributed by atoms with Gasteiger partial charge in [-0.3, -0.25) is 15.1 Å². The van der Waals surface area contributed by atoms with Gasteiger partial charge in [0.2, 0.25) is 5.56 Å². The van der Waals surface area contributed by atoms with Crippen LogP contribution in [-0.2, 0) is 17.7 Å². The van der Waals surface area contributed by atoms with Crippen molar-refractivity contribution in [3.8, 4) is 0 Å². The van der Waals surface area contributed by atoms with E-state index < -0.39 is 0 Å². The van der Waals surface area contributed by atoms with Crippen molar-refractivity contribution < 1.29 is 4.84 Å². The Balaban J connectivity index is 2.07. The van der Waals surface area contributed by atoms with Gasteiger partial charge in [-0.15, -0.1) is 0 Å². The number of aromatic amines is 1. The largest absolute Gasteiger partial charge is 0.326 e. The molecule has 0 bridgehead atoms. The number of H-pyrrole nitrogens is 1. The highest BCUT2D eigenvalue weighted by atomic mass is 16.6. The summed E-state index contributed by atoms with van der Waals surface area (Å²) in [6, 6.07) is 13.5. The van der Waals surface area contributed by atoms with Crippen LogP contribution >= 0.6 is 0 Å². The van der Waals surface area contributed by atoms with Crippen LogP contribution in [0, 0.1) is 0 Å². The van der Waals surface area contributed by atoms with Crippen molar-refractivity contribution in [1.29, 1.82) is 0 Å². The Labute approximate surface area is 106 Å². The van der Waals surface area contributed by atoms with Crippen LogP contribution in [0.25, 0.3) is 0 Å². The van der Waals surface area contributed by atoms with E-state index in [0.717, 1.165) is 18.5 Å². The van der Waals surface area contributed by atoms with Crippen molar-refractivity contribution in [3.63, 3.8) is 0 Å². The summed E-state index contributed by atoms with van der Waals surface area (Å²) in [5.41, 5.74) is 5.36. The Morgan fingerprint density at radius 2 is 1.94 bits per heavy atom. The fourth-order valence-corrected chi connectivity index (χ4v) is 1.84. The molecule has 0 atom stereocenters. The molecule has 0 fully saturated rings. The third kappa shape index (κ3) is 3.46. The van der Waals surface area contributed by atoms with Gasteiger partial charge < -0.3 is 4.98 Å². The Kier molecular flexibility index (Phi) is 4.15. The first-order valence-electron chi connectivity index (χ1n) is 5.84. The molecular weight excluding hydrogens is 228 g/mol. The molecule has 0 spiro atoms. The molecule has 0 aliphatic rings. The third-order valence-electron chi connectivity index (χ3n) is 2.65. The summed E-state index contributed by atoms with van der Waals surface area (Å²) < 4.78 is 0. The van der Waals surface area contributed by atoms with Gasteiger partial charge in [0, 0.05) is 11.8 Å².